The normalized spacial score (nSPS) is 16.3. The lowest BCUT2D eigenvalue weighted by atomic mass is 10.1. The minimum absolute atomic E-state index is 0.0160. The van der Waals surface area contributed by atoms with E-state index in [1.807, 2.05) is 32.0 Å². The third-order valence-corrected chi connectivity index (χ3v) is 5.40. The van der Waals surface area contributed by atoms with Crippen molar-refractivity contribution in [2.75, 3.05) is 0 Å². The molecule has 1 aliphatic heterocycles. The highest BCUT2D eigenvalue weighted by Gasteiger charge is 2.24. The number of amidine groups is 1. The summed E-state index contributed by atoms with van der Waals surface area (Å²) >= 11 is 1.25. The average molecular weight is 419 g/mol. The average Bonchev–Trinajstić information content (AvgIpc) is 3.31. The second kappa shape index (κ2) is 8.00. The van der Waals surface area contributed by atoms with Crippen molar-refractivity contribution in [1.82, 2.24) is 5.32 Å². The summed E-state index contributed by atoms with van der Waals surface area (Å²) in [5, 5.41) is 14.1. The second-order valence-electron chi connectivity index (χ2n) is 6.78. The van der Waals surface area contributed by atoms with Crippen LogP contribution < -0.4 is 5.32 Å². The molecule has 0 saturated carbocycles. The lowest BCUT2D eigenvalue weighted by molar-refractivity contribution is -0.384. The van der Waals surface area contributed by atoms with Gasteiger partial charge in [-0.1, -0.05) is 17.7 Å². The summed E-state index contributed by atoms with van der Waals surface area (Å²) in [5.41, 5.74) is 3.73. The lowest BCUT2D eigenvalue weighted by Gasteiger charge is -2.02. The lowest BCUT2D eigenvalue weighted by Crippen LogP contribution is -2.19. The molecule has 4 rings (SSSR count). The van der Waals surface area contributed by atoms with E-state index in [2.05, 4.69) is 10.3 Å². The fraction of sp³-hybridized carbons (Fsp3) is 0.0909. The van der Waals surface area contributed by atoms with Gasteiger partial charge >= 0.3 is 0 Å². The van der Waals surface area contributed by atoms with Gasteiger partial charge in [-0.05, 0) is 61.5 Å². The highest BCUT2D eigenvalue weighted by Crippen LogP contribution is 2.31. The van der Waals surface area contributed by atoms with Gasteiger partial charge in [-0.2, -0.15) is 0 Å². The molecule has 0 radical (unpaired) electrons. The Kier molecular flexibility index (Phi) is 5.24. The van der Waals surface area contributed by atoms with Crippen molar-refractivity contribution in [2.45, 2.75) is 13.8 Å². The number of benzene rings is 2. The van der Waals surface area contributed by atoms with Gasteiger partial charge in [0.15, 0.2) is 5.17 Å². The van der Waals surface area contributed by atoms with Crippen LogP contribution in [0.3, 0.4) is 0 Å². The summed E-state index contributed by atoms with van der Waals surface area (Å²) in [6.45, 7) is 4.00. The largest absolute Gasteiger partial charge is 0.457 e. The summed E-state index contributed by atoms with van der Waals surface area (Å²) in [6, 6.07) is 15.5. The molecule has 0 atom stereocenters. The van der Waals surface area contributed by atoms with Crippen LogP contribution in [-0.4, -0.2) is 16.0 Å². The first-order chi connectivity index (χ1) is 14.4. The number of nitrogens with zero attached hydrogens (tertiary/aromatic N) is 2. The molecule has 0 aliphatic carbocycles. The summed E-state index contributed by atoms with van der Waals surface area (Å²) in [5.74, 6) is 0.829. The van der Waals surface area contributed by atoms with Crippen LogP contribution in [0.15, 0.2) is 68.9 Å². The van der Waals surface area contributed by atoms with E-state index in [0.717, 1.165) is 16.8 Å². The number of amides is 1. The third-order valence-electron chi connectivity index (χ3n) is 4.49. The first-order valence-corrected chi connectivity index (χ1v) is 9.92. The van der Waals surface area contributed by atoms with E-state index in [9.17, 15) is 14.9 Å². The molecule has 150 valence electrons. The minimum atomic E-state index is -0.449. The number of aliphatic imine (C=N–C) groups is 1. The van der Waals surface area contributed by atoms with Gasteiger partial charge in [0.25, 0.3) is 11.6 Å². The Morgan fingerprint density at radius 1 is 1.10 bits per heavy atom. The van der Waals surface area contributed by atoms with Crippen molar-refractivity contribution < 1.29 is 14.1 Å². The number of nitro groups is 1. The molecule has 1 aromatic heterocycles. The Morgan fingerprint density at radius 2 is 1.87 bits per heavy atom. The molecule has 1 aliphatic rings. The quantitative estimate of drug-likeness (QED) is 0.349. The van der Waals surface area contributed by atoms with E-state index in [4.69, 9.17) is 4.42 Å². The molecule has 1 amide bonds. The number of thioether (sulfide) groups is 1. The minimum Gasteiger partial charge on any atom is -0.457 e. The number of hydrogen-bond donors (Lipinski definition) is 1. The molecular weight excluding hydrogens is 402 g/mol. The number of hydrogen-bond acceptors (Lipinski definition) is 6. The maximum Gasteiger partial charge on any atom is 0.269 e. The van der Waals surface area contributed by atoms with Crippen molar-refractivity contribution in [3.63, 3.8) is 0 Å². The molecule has 0 spiro atoms. The SMILES string of the molecule is Cc1ccc(N=C2NC(=O)C(=Cc3ccc(-c4ccc([N+](=O)[O-])cc4)o3)S2)c(C)c1. The van der Waals surface area contributed by atoms with Gasteiger partial charge in [0.1, 0.15) is 11.5 Å². The first-order valence-electron chi connectivity index (χ1n) is 9.10. The number of carbonyl (C=O) groups is 1. The van der Waals surface area contributed by atoms with Crippen LogP contribution in [0.2, 0.25) is 0 Å². The van der Waals surface area contributed by atoms with E-state index >= 15 is 0 Å². The molecule has 0 unspecified atom stereocenters. The fourth-order valence-electron chi connectivity index (χ4n) is 2.98. The van der Waals surface area contributed by atoms with Crippen LogP contribution >= 0.6 is 11.8 Å². The molecule has 1 fully saturated rings. The predicted molar refractivity (Wildman–Crippen MR) is 118 cm³/mol. The molecule has 0 bridgehead atoms. The molecule has 2 aromatic carbocycles. The number of furan rings is 1. The highest BCUT2D eigenvalue weighted by atomic mass is 32.2. The van der Waals surface area contributed by atoms with Crippen LogP contribution in [0, 0.1) is 24.0 Å². The first kappa shape index (κ1) is 19.7. The molecule has 1 N–H and O–H groups in total. The Labute approximate surface area is 176 Å². The van der Waals surface area contributed by atoms with Gasteiger partial charge in [0.2, 0.25) is 0 Å². The highest BCUT2D eigenvalue weighted by molar-refractivity contribution is 8.18. The van der Waals surface area contributed by atoms with E-state index in [-0.39, 0.29) is 11.6 Å². The Bertz CT molecular complexity index is 1210. The smallest absolute Gasteiger partial charge is 0.269 e. The summed E-state index contributed by atoms with van der Waals surface area (Å²) in [4.78, 5) is 27.6. The van der Waals surface area contributed by atoms with Crippen molar-refractivity contribution in [3.8, 4) is 11.3 Å². The summed E-state index contributed by atoms with van der Waals surface area (Å²) in [7, 11) is 0. The zero-order valence-corrected chi connectivity index (χ0v) is 17.0. The van der Waals surface area contributed by atoms with Gasteiger partial charge in [0.05, 0.1) is 15.5 Å². The van der Waals surface area contributed by atoms with Crippen molar-refractivity contribution in [1.29, 1.82) is 0 Å². The molecule has 2 heterocycles. The number of carbonyl (C=O) groups excluding carboxylic acids is 1. The van der Waals surface area contributed by atoms with E-state index in [1.54, 1.807) is 30.3 Å². The van der Waals surface area contributed by atoms with E-state index < -0.39 is 4.92 Å². The standard InChI is InChI=1S/C22H17N3O4S/c1-13-3-9-18(14(2)11-13)23-22-24-21(26)20(30-22)12-17-8-10-19(29-17)15-4-6-16(7-5-15)25(27)28/h3-12H,1-2H3,(H,23,24,26). The van der Waals surface area contributed by atoms with Crippen molar-refractivity contribution >= 4 is 40.3 Å². The molecule has 7 nitrogen and oxygen atoms in total. The topological polar surface area (TPSA) is 97.7 Å². The molecule has 1 saturated heterocycles. The van der Waals surface area contributed by atoms with Crippen LogP contribution in [-0.2, 0) is 4.79 Å². The second-order valence-corrected chi connectivity index (χ2v) is 7.81. The Morgan fingerprint density at radius 3 is 2.57 bits per heavy atom. The van der Waals surface area contributed by atoms with Gasteiger partial charge in [-0.25, -0.2) is 4.99 Å². The van der Waals surface area contributed by atoms with E-state index in [1.165, 1.54) is 23.9 Å². The zero-order valence-electron chi connectivity index (χ0n) is 16.2. The molecule has 3 aromatic rings. The Hall–Kier alpha value is -3.65. The molecule has 8 heteroatoms. The van der Waals surface area contributed by atoms with Crippen LogP contribution in [0.4, 0.5) is 11.4 Å². The summed E-state index contributed by atoms with van der Waals surface area (Å²) < 4.78 is 5.79. The monoisotopic (exact) mass is 419 g/mol. The maximum absolute atomic E-state index is 12.3. The number of rotatable bonds is 4. The van der Waals surface area contributed by atoms with Crippen LogP contribution in [0.5, 0.6) is 0 Å². The van der Waals surface area contributed by atoms with Gasteiger partial charge in [-0.15, -0.1) is 0 Å². The van der Waals surface area contributed by atoms with Crippen LogP contribution in [0.25, 0.3) is 17.4 Å². The summed E-state index contributed by atoms with van der Waals surface area (Å²) in [6.07, 6.45) is 1.65. The number of non-ortho nitro benzene ring substituents is 1. The fourth-order valence-corrected chi connectivity index (χ4v) is 3.80. The molecule has 30 heavy (non-hydrogen) atoms. The van der Waals surface area contributed by atoms with Crippen LogP contribution in [0.1, 0.15) is 16.9 Å². The zero-order chi connectivity index (χ0) is 21.3. The number of aryl methyl sites for hydroxylation is 2. The predicted octanol–water partition coefficient (Wildman–Crippen LogP) is 5.36. The molecular formula is C22H17N3O4S. The van der Waals surface area contributed by atoms with Gasteiger partial charge < -0.3 is 9.73 Å². The van der Waals surface area contributed by atoms with E-state index in [0.29, 0.717) is 27.2 Å². The van der Waals surface area contributed by atoms with Gasteiger partial charge in [0, 0.05) is 23.8 Å². The Balaban J connectivity index is 1.53. The number of nitrogens with one attached hydrogen (secondary N) is 1. The third kappa shape index (κ3) is 4.18. The van der Waals surface area contributed by atoms with Crippen molar-refractivity contribution in [2.24, 2.45) is 4.99 Å². The maximum atomic E-state index is 12.3. The van der Waals surface area contributed by atoms with Crippen molar-refractivity contribution in [3.05, 3.63) is 86.5 Å². The number of nitro benzene ring substituents is 1. The van der Waals surface area contributed by atoms with Gasteiger partial charge in [-0.3, -0.25) is 14.9 Å².